The molecule has 2 amide bonds. The second-order valence-electron chi connectivity index (χ2n) is 7.86. The Hall–Kier alpha value is -3.69. The summed E-state index contributed by atoms with van der Waals surface area (Å²) in [5, 5.41) is 9.58. The number of aromatic nitrogens is 2. The van der Waals surface area contributed by atoms with E-state index in [1.807, 2.05) is 0 Å². The molecule has 0 radical (unpaired) electrons. The Balaban J connectivity index is 1.58. The van der Waals surface area contributed by atoms with Gasteiger partial charge in [-0.05, 0) is 56.7 Å². The summed E-state index contributed by atoms with van der Waals surface area (Å²) in [7, 11) is 0. The van der Waals surface area contributed by atoms with Gasteiger partial charge in [0.15, 0.2) is 0 Å². The number of rotatable bonds is 7. The van der Waals surface area contributed by atoms with Crippen molar-refractivity contribution < 1.29 is 27.2 Å². The van der Waals surface area contributed by atoms with Gasteiger partial charge in [0.2, 0.25) is 5.91 Å². The maximum absolute atomic E-state index is 13.6. The molecule has 3 rings (SSSR count). The monoisotopic (exact) mass is 476 g/mol. The summed E-state index contributed by atoms with van der Waals surface area (Å²) in [5.74, 6) is -1.26. The highest BCUT2D eigenvalue weighted by Crippen LogP contribution is 2.30. The first-order valence-corrected chi connectivity index (χ1v) is 10.5. The van der Waals surface area contributed by atoms with E-state index in [0.29, 0.717) is 22.5 Å². The number of amides is 2. The van der Waals surface area contributed by atoms with Crippen molar-refractivity contribution >= 4 is 11.8 Å². The van der Waals surface area contributed by atoms with Crippen LogP contribution in [0.4, 0.5) is 17.6 Å². The van der Waals surface area contributed by atoms with Gasteiger partial charge in [-0.25, -0.2) is 9.07 Å². The van der Waals surface area contributed by atoms with Gasteiger partial charge in [-0.1, -0.05) is 12.1 Å². The number of carbonyl (C=O) groups is 2. The van der Waals surface area contributed by atoms with Gasteiger partial charge in [0.05, 0.1) is 23.4 Å². The van der Waals surface area contributed by atoms with Crippen molar-refractivity contribution in [2.75, 3.05) is 13.1 Å². The molecule has 180 valence electrons. The van der Waals surface area contributed by atoms with Crippen LogP contribution in [0, 0.1) is 26.6 Å². The maximum atomic E-state index is 13.6. The highest BCUT2D eigenvalue weighted by Gasteiger charge is 2.30. The third-order valence-electron chi connectivity index (χ3n) is 5.36. The van der Waals surface area contributed by atoms with Crippen molar-refractivity contribution in [1.29, 1.82) is 0 Å². The van der Waals surface area contributed by atoms with Crippen molar-refractivity contribution in [2.45, 2.75) is 33.4 Å². The van der Waals surface area contributed by atoms with Crippen LogP contribution in [0.15, 0.2) is 42.5 Å². The lowest BCUT2D eigenvalue weighted by atomic mass is 10.1. The molecule has 1 aromatic heterocycles. The minimum absolute atomic E-state index is 0.0201. The molecule has 0 aliphatic carbocycles. The van der Waals surface area contributed by atoms with E-state index < -0.39 is 23.5 Å². The molecular weight excluding hydrogens is 452 g/mol. The average Bonchev–Trinajstić information content (AvgIpc) is 3.06. The number of alkyl halides is 3. The SMILES string of the molecule is Cc1ccc(C(=O)NCCNC(=O)Cc2c(C)nn(-c3cccc(C(F)(F)F)c3)c2C)cc1F. The molecule has 2 N–H and O–H groups in total. The Morgan fingerprint density at radius 2 is 1.71 bits per heavy atom. The number of halogens is 4. The number of nitrogens with zero attached hydrogens (tertiary/aromatic N) is 2. The van der Waals surface area contributed by atoms with Gasteiger partial charge in [0, 0.05) is 29.9 Å². The van der Waals surface area contributed by atoms with Crippen LogP contribution in [0.1, 0.15) is 38.4 Å². The molecule has 3 aromatic rings. The fraction of sp³-hybridized carbons (Fsp3) is 0.292. The van der Waals surface area contributed by atoms with Crippen LogP contribution in [0.3, 0.4) is 0 Å². The molecular formula is C24H24F4N4O2. The molecule has 0 unspecified atom stereocenters. The molecule has 0 spiro atoms. The minimum atomic E-state index is -4.47. The molecule has 2 aromatic carbocycles. The summed E-state index contributed by atoms with van der Waals surface area (Å²) in [6.07, 6.45) is -4.49. The Bertz CT molecular complexity index is 1220. The zero-order chi connectivity index (χ0) is 25.0. The molecule has 0 fully saturated rings. The van der Waals surface area contributed by atoms with Crippen LogP contribution in [0.25, 0.3) is 5.69 Å². The molecule has 0 saturated carbocycles. The summed E-state index contributed by atoms with van der Waals surface area (Å²) in [5.41, 5.74) is 1.77. The van der Waals surface area contributed by atoms with E-state index in [1.165, 1.54) is 28.9 Å². The fourth-order valence-corrected chi connectivity index (χ4v) is 3.43. The molecule has 0 aliphatic heterocycles. The molecule has 1 heterocycles. The molecule has 6 nitrogen and oxygen atoms in total. The highest BCUT2D eigenvalue weighted by molar-refractivity contribution is 5.94. The summed E-state index contributed by atoms with van der Waals surface area (Å²) < 4.78 is 54.1. The Morgan fingerprint density at radius 3 is 2.38 bits per heavy atom. The van der Waals surface area contributed by atoms with Crippen LogP contribution < -0.4 is 10.6 Å². The maximum Gasteiger partial charge on any atom is 0.416 e. The van der Waals surface area contributed by atoms with Crippen molar-refractivity contribution in [3.63, 3.8) is 0 Å². The van der Waals surface area contributed by atoms with Crippen LogP contribution in [0.2, 0.25) is 0 Å². The number of carbonyl (C=O) groups excluding carboxylic acids is 2. The first kappa shape index (κ1) is 24.9. The van der Waals surface area contributed by atoms with Gasteiger partial charge in [0.1, 0.15) is 5.82 Å². The van der Waals surface area contributed by atoms with Crippen LogP contribution in [-0.4, -0.2) is 34.7 Å². The molecule has 34 heavy (non-hydrogen) atoms. The lowest BCUT2D eigenvalue weighted by molar-refractivity contribution is -0.137. The lowest BCUT2D eigenvalue weighted by Crippen LogP contribution is -2.35. The zero-order valence-corrected chi connectivity index (χ0v) is 18.9. The van der Waals surface area contributed by atoms with Gasteiger partial charge in [-0.3, -0.25) is 9.59 Å². The molecule has 10 heteroatoms. The van der Waals surface area contributed by atoms with E-state index in [4.69, 9.17) is 0 Å². The number of aryl methyl sites for hydroxylation is 2. The van der Waals surface area contributed by atoms with Gasteiger partial charge >= 0.3 is 6.18 Å². The van der Waals surface area contributed by atoms with Crippen molar-refractivity contribution in [3.8, 4) is 5.69 Å². The van der Waals surface area contributed by atoms with E-state index in [0.717, 1.165) is 18.2 Å². The third kappa shape index (κ3) is 5.81. The number of benzene rings is 2. The topological polar surface area (TPSA) is 76.0 Å². The van der Waals surface area contributed by atoms with Crippen molar-refractivity contribution in [1.82, 2.24) is 20.4 Å². The van der Waals surface area contributed by atoms with Crippen LogP contribution in [0.5, 0.6) is 0 Å². The average molecular weight is 476 g/mol. The first-order chi connectivity index (χ1) is 16.0. The standard InChI is InChI=1S/C24H24F4N4O2/c1-14-7-8-17(11-21(14)25)23(34)30-10-9-29-22(33)13-20-15(2)31-32(16(20)3)19-6-4-5-18(12-19)24(26,27)28/h4-8,11-12H,9-10,13H2,1-3H3,(H,29,33)(H,30,34). The van der Waals surface area contributed by atoms with E-state index in [1.54, 1.807) is 20.8 Å². The Morgan fingerprint density at radius 1 is 1.00 bits per heavy atom. The van der Waals surface area contributed by atoms with Crippen LogP contribution in [-0.2, 0) is 17.4 Å². The first-order valence-electron chi connectivity index (χ1n) is 10.5. The molecule has 0 atom stereocenters. The summed E-state index contributed by atoms with van der Waals surface area (Å²) in [6, 6.07) is 8.98. The number of nitrogens with one attached hydrogen (secondary N) is 2. The Labute approximate surface area is 194 Å². The molecule has 0 saturated heterocycles. The lowest BCUT2D eigenvalue weighted by Gasteiger charge is -2.10. The minimum Gasteiger partial charge on any atom is -0.354 e. The second kappa shape index (κ2) is 10.1. The predicted octanol–water partition coefficient (Wildman–Crippen LogP) is 4.04. The summed E-state index contributed by atoms with van der Waals surface area (Å²) in [6.45, 7) is 5.25. The smallest absolute Gasteiger partial charge is 0.354 e. The van der Waals surface area contributed by atoms with E-state index in [2.05, 4.69) is 15.7 Å². The molecule has 0 bridgehead atoms. The van der Waals surface area contributed by atoms with Crippen molar-refractivity contribution in [2.24, 2.45) is 0 Å². The third-order valence-corrected chi connectivity index (χ3v) is 5.36. The predicted molar refractivity (Wildman–Crippen MR) is 118 cm³/mol. The fourth-order valence-electron chi connectivity index (χ4n) is 3.43. The Kier molecular flexibility index (Phi) is 7.38. The van der Waals surface area contributed by atoms with Gasteiger partial charge < -0.3 is 10.6 Å². The summed E-state index contributed by atoms with van der Waals surface area (Å²) >= 11 is 0. The van der Waals surface area contributed by atoms with Gasteiger partial charge in [-0.2, -0.15) is 18.3 Å². The largest absolute Gasteiger partial charge is 0.416 e. The van der Waals surface area contributed by atoms with Crippen LogP contribution >= 0.6 is 0 Å². The normalized spacial score (nSPS) is 11.4. The van der Waals surface area contributed by atoms with E-state index in [9.17, 15) is 27.2 Å². The quantitative estimate of drug-likeness (QED) is 0.399. The van der Waals surface area contributed by atoms with Crippen molar-refractivity contribution in [3.05, 3.63) is 81.9 Å². The highest BCUT2D eigenvalue weighted by atomic mass is 19.4. The van der Waals surface area contributed by atoms with Gasteiger partial charge in [0.25, 0.3) is 5.91 Å². The number of hydrogen-bond donors (Lipinski definition) is 2. The van der Waals surface area contributed by atoms with Gasteiger partial charge in [-0.15, -0.1) is 0 Å². The second-order valence-corrected chi connectivity index (χ2v) is 7.86. The van der Waals surface area contributed by atoms with E-state index in [-0.39, 0.29) is 36.7 Å². The zero-order valence-electron chi connectivity index (χ0n) is 18.9. The summed E-state index contributed by atoms with van der Waals surface area (Å²) in [4.78, 5) is 24.5. The number of hydrogen-bond acceptors (Lipinski definition) is 3. The molecule has 0 aliphatic rings. The van der Waals surface area contributed by atoms with E-state index >= 15 is 0 Å².